The fourth-order valence-electron chi connectivity index (χ4n) is 28.4. The molecular weight excluding hydrogens is 1030 g/mol. The molecule has 85 heavy (non-hydrogen) atoms. The highest BCUT2D eigenvalue weighted by Crippen LogP contribution is 2.86. The Morgan fingerprint density at radius 1 is 0.212 bits per heavy atom. The van der Waals surface area contributed by atoms with Gasteiger partial charge in [0.1, 0.15) is 0 Å². The monoisotopic (exact) mass is 1050 g/mol. The van der Waals surface area contributed by atoms with Crippen LogP contribution in [-0.4, -0.2) is 11.9 Å². The number of hydrogen-bond donors (Lipinski definition) is 0. The number of ether oxygens (including phenoxy) is 1. The zero-order chi connectivity index (χ0) is 51.5. The summed E-state index contributed by atoms with van der Waals surface area (Å²) in [6, 6.07) is 21.5. The Balaban J connectivity index is 0.992. The van der Waals surface area contributed by atoms with Crippen LogP contribution in [-0.2, 0) is 28.4 Å². The maximum atomic E-state index is 15.1. The first-order valence-corrected chi connectivity index (χ1v) is 31.1. The molecule has 1 aliphatic heterocycles. The summed E-state index contributed by atoms with van der Waals surface area (Å²) < 4.78 is 6.01. The van der Waals surface area contributed by atoms with Crippen LogP contribution in [0.4, 0.5) is 0 Å². The van der Waals surface area contributed by atoms with Gasteiger partial charge in [-0.2, -0.15) is 0 Å². The molecule has 2 spiro atoms. The Morgan fingerprint density at radius 3 is 0.553 bits per heavy atom. The molecule has 3 heteroatoms. The second kappa shape index (κ2) is 8.03. The average Bonchev–Trinajstić information content (AvgIpc) is 1.39. The summed E-state index contributed by atoms with van der Waals surface area (Å²) in [5.41, 5.74) is 12.5. The number of cyclic esters (lactones) is 2. The lowest BCUT2D eigenvalue weighted by Crippen LogP contribution is -2.57. The Kier molecular flexibility index (Phi) is 3.15. The standard InChI is InChI=1S/C82H14O3/c83-79-73-17(13-7-3-1-4-8-13)15-11-81-75-65-57-47-37-29-21-19-20-23-27-25(21)33-41-35(27)45-39-31(23)32-24(20)28-26-22(19)30(29)38-44-34(26)42-36(28)46-40(32)50-49(39)59-53(45)63-55(41)61(51(57)43(33)37)69(75)71(63)77-67(59)68-60(50)54(46)64-56(42)62-52(44)58(48(38)47)66(65)76(81)70(62)72(64)78(68)82(77,81)12-16(15)18(74(73)80(84)85-79)14-9-5-2-6-10-14/h1-10H,11-12H2. The summed E-state index contributed by atoms with van der Waals surface area (Å²) in [5.74, 6) is -1.03. The van der Waals surface area contributed by atoms with Gasteiger partial charge in [0.2, 0.25) is 0 Å². The zero-order valence-corrected chi connectivity index (χ0v) is 43.4. The average molecular weight is 1050 g/mol. The van der Waals surface area contributed by atoms with Crippen LogP contribution in [0.5, 0.6) is 0 Å². The molecule has 0 N–H and O–H groups in total. The Bertz CT molecular complexity index is 7900. The Labute approximate surface area is 465 Å². The summed E-state index contributed by atoms with van der Waals surface area (Å²) in [7, 11) is 0. The van der Waals surface area contributed by atoms with Gasteiger partial charge in [0.05, 0.1) is 11.1 Å². The predicted molar refractivity (Wildman–Crippen MR) is 348 cm³/mol. The molecule has 37 rings (SSSR count). The first-order chi connectivity index (χ1) is 42.2. The highest BCUT2D eigenvalue weighted by atomic mass is 16.6. The van der Waals surface area contributed by atoms with Gasteiger partial charge in [-0.15, -0.1) is 0 Å². The fraction of sp³-hybridized carbons (Fsp3) is 0.0488. The normalized spacial score (nSPS) is 21.1. The number of carbonyl (C=O) groups excluding carboxylic acids is 2. The quantitative estimate of drug-likeness (QED) is 0.0984. The van der Waals surface area contributed by atoms with Crippen LogP contribution in [0.15, 0.2) is 60.7 Å². The van der Waals surface area contributed by atoms with Gasteiger partial charge in [-0.3, -0.25) is 0 Å². The predicted octanol–water partition coefficient (Wildman–Crippen LogP) is 20.7. The van der Waals surface area contributed by atoms with Crippen molar-refractivity contribution in [3.63, 3.8) is 0 Å². The number of carbonyl (C=O) groups is 2. The lowest BCUT2D eigenvalue weighted by Gasteiger charge is -2.58. The van der Waals surface area contributed by atoms with Gasteiger partial charge in [-0.1, -0.05) is 60.7 Å². The number of hydrogen-bond acceptors (Lipinski definition) is 3. The number of esters is 2. The van der Waals surface area contributed by atoms with Crippen molar-refractivity contribution in [2.45, 2.75) is 23.7 Å². The van der Waals surface area contributed by atoms with Crippen molar-refractivity contribution in [1.29, 1.82) is 0 Å². The summed E-state index contributed by atoms with van der Waals surface area (Å²) >= 11 is 0. The molecule has 0 unspecified atom stereocenters. The van der Waals surface area contributed by atoms with E-state index in [-0.39, 0.29) is 0 Å². The molecule has 1 heterocycles. The van der Waals surface area contributed by atoms with Crippen molar-refractivity contribution >= 4 is 303 Å². The van der Waals surface area contributed by atoms with E-state index in [0.29, 0.717) is 11.1 Å². The molecule has 0 amide bonds. The molecule has 31 aromatic carbocycles. The Morgan fingerprint density at radius 2 is 0.376 bits per heavy atom. The molecule has 0 saturated carbocycles. The van der Waals surface area contributed by atoms with Crippen molar-refractivity contribution in [3.8, 4) is 22.3 Å². The van der Waals surface area contributed by atoms with E-state index in [9.17, 15) is 0 Å². The van der Waals surface area contributed by atoms with Gasteiger partial charge in [0.25, 0.3) is 0 Å². The minimum Gasteiger partial charge on any atom is -0.386 e. The summed E-state index contributed by atoms with van der Waals surface area (Å²) in [6.07, 6.45) is 1.44. The third-order valence-electron chi connectivity index (χ3n) is 29.0. The molecule has 0 bridgehead atoms. The SMILES string of the molecule is O=C1OC(=O)c2c1c(-c1ccccc1)c1c(c2-c2ccccc2)CC23c4c5c6c7c8c9c(c%10c%11c2c2c4c4c%12c5c5c6c6c8c8c%13c9c9c%10c%10c%11c%11c2c2c4c4c%12c%12c5c5c6c8c6c8c%13c9c9c%10c%10c%11c2c2c4c4c%12c5c6c5c8c9c%10c2c45)C73C1. The molecule has 3 nitrogen and oxygen atoms in total. The van der Waals surface area contributed by atoms with Crippen molar-refractivity contribution < 1.29 is 14.3 Å². The number of rotatable bonds is 2. The van der Waals surface area contributed by atoms with E-state index in [1.54, 1.807) is 313 Å². The van der Waals surface area contributed by atoms with E-state index in [0.717, 1.165) is 35.1 Å². The van der Waals surface area contributed by atoms with E-state index in [4.69, 9.17) is 4.74 Å². The second-order valence-electron chi connectivity index (χ2n) is 29.8. The van der Waals surface area contributed by atoms with E-state index in [1.807, 2.05) is 0 Å². The van der Waals surface area contributed by atoms with Gasteiger partial charge in [0.15, 0.2) is 0 Å². The van der Waals surface area contributed by atoms with E-state index in [1.165, 1.54) is 11.1 Å². The third-order valence-corrected chi connectivity index (χ3v) is 29.0. The molecule has 31 aromatic rings. The van der Waals surface area contributed by atoms with Crippen LogP contribution in [0.3, 0.4) is 0 Å². The van der Waals surface area contributed by atoms with Gasteiger partial charge in [-0.25, -0.2) is 9.59 Å². The highest BCUT2D eigenvalue weighted by Gasteiger charge is 2.71. The maximum absolute atomic E-state index is 15.1. The van der Waals surface area contributed by atoms with Crippen molar-refractivity contribution in [2.75, 3.05) is 0 Å². The smallest absolute Gasteiger partial charge is 0.347 e. The molecule has 360 valence electrons. The van der Waals surface area contributed by atoms with Crippen LogP contribution in [0, 0.1) is 0 Å². The van der Waals surface area contributed by atoms with Crippen LogP contribution < -0.4 is 0 Å². The molecule has 0 fully saturated rings. The zero-order valence-electron chi connectivity index (χ0n) is 43.4. The maximum Gasteiger partial charge on any atom is 0.347 e. The molecule has 0 aromatic heterocycles. The van der Waals surface area contributed by atoms with Crippen molar-refractivity contribution in [1.82, 2.24) is 0 Å². The number of fused-ring (bicyclic) bond motifs is 2. The van der Waals surface area contributed by atoms with E-state index >= 15 is 9.59 Å². The summed E-state index contributed by atoms with van der Waals surface area (Å²) in [5, 5.41) is 85.7. The third kappa shape index (κ3) is 1.99. The first-order valence-electron chi connectivity index (χ1n) is 31.1. The van der Waals surface area contributed by atoms with Crippen LogP contribution in [0.2, 0.25) is 0 Å². The molecule has 6 aliphatic rings. The van der Waals surface area contributed by atoms with E-state index < -0.39 is 22.8 Å². The van der Waals surface area contributed by atoms with Crippen LogP contribution in [0.1, 0.15) is 54.1 Å². The minimum absolute atomic E-state index is 0.453. The van der Waals surface area contributed by atoms with Gasteiger partial charge in [0, 0.05) is 22.0 Å². The second-order valence-corrected chi connectivity index (χ2v) is 29.8. The topological polar surface area (TPSA) is 43.4 Å². The van der Waals surface area contributed by atoms with Crippen molar-refractivity contribution in [3.05, 3.63) is 105 Å². The molecule has 0 radical (unpaired) electrons. The van der Waals surface area contributed by atoms with E-state index in [2.05, 4.69) is 60.7 Å². The fourth-order valence-corrected chi connectivity index (χ4v) is 28.4. The highest BCUT2D eigenvalue weighted by molar-refractivity contribution is 6.82. The lowest BCUT2D eigenvalue weighted by atomic mass is 9.42. The first kappa shape index (κ1) is 33.4. The van der Waals surface area contributed by atoms with Crippen molar-refractivity contribution in [2.24, 2.45) is 0 Å². The van der Waals surface area contributed by atoms with Crippen LogP contribution in [0.25, 0.3) is 313 Å². The minimum atomic E-state index is -0.566. The largest absolute Gasteiger partial charge is 0.386 e. The summed E-state index contributed by atoms with van der Waals surface area (Å²) in [4.78, 5) is 30.3. The van der Waals surface area contributed by atoms with Gasteiger partial charge >= 0.3 is 11.9 Å². The Hall–Kier alpha value is -10.7. The molecule has 0 atom stereocenters. The summed E-state index contributed by atoms with van der Waals surface area (Å²) in [6.45, 7) is 0. The van der Waals surface area contributed by atoms with Gasteiger partial charge < -0.3 is 4.74 Å². The molecular formula is C82H14O3. The molecule has 0 saturated heterocycles. The van der Waals surface area contributed by atoms with Crippen LogP contribution >= 0.6 is 0 Å². The molecule has 5 aliphatic carbocycles. The lowest BCUT2D eigenvalue weighted by molar-refractivity contribution is 0.0444. The van der Waals surface area contributed by atoms with Gasteiger partial charge in [-0.05, 0) is 348 Å². The number of benzene rings is 21.